The summed E-state index contributed by atoms with van der Waals surface area (Å²) in [6.45, 7) is 7.89. The van der Waals surface area contributed by atoms with Crippen LogP contribution in [0.2, 0.25) is 19.6 Å². The van der Waals surface area contributed by atoms with Gasteiger partial charge in [0.05, 0.1) is 0 Å². The lowest BCUT2D eigenvalue weighted by Crippen LogP contribution is -2.26. The summed E-state index contributed by atoms with van der Waals surface area (Å²) >= 11 is 0. The Bertz CT molecular complexity index is 234. The fraction of sp³-hybridized carbons (Fsp3) is 1.00. The minimum atomic E-state index is -1.27. The molecule has 100 valence electrons. The number of fused-ring (bicyclic) bond motifs is 1. The first-order valence-corrected chi connectivity index (χ1v) is 11.1. The van der Waals surface area contributed by atoms with E-state index in [1.165, 1.54) is 51.4 Å². The van der Waals surface area contributed by atoms with Gasteiger partial charge >= 0.3 is 0 Å². The zero-order valence-electron chi connectivity index (χ0n) is 12.0. The molecule has 0 radical (unpaired) electrons. The van der Waals surface area contributed by atoms with E-state index in [4.69, 9.17) is 4.43 Å². The lowest BCUT2D eigenvalue weighted by atomic mass is 9.77. The van der Waals surface area contributed by atoms with E-state index in [9.17, 15) is 0 Å². The summed E-state index contributed by atoms with van der Waals surface area (Å²) in [4.78, 5) is 0. The van der Waals surface area contributed by atoms with Crippen LogP contribution < -0.4 is 0 Å². The van der Waals surface area contributed by atoms with Crippen molar-refractivity contribution in [1.29, 1.82) is 0 Å². The summed E-state index contributed by atoms with van der Waals surface area (Å²) in [6.07, 6.45) is 11.9. The van der Waals surface area contributed by atoms with Gasteiger partial charge < -0.3 is 4.43 Å². The number of rotatable bonds is 5. The summed E-state index contributed by atoms with van der Waals surface area (Å²) in [6, 6.07) is 0. The van der Waals surface area contributed by atoms with Gasteiger partial charge in [0.15, 0.2) is 8.32 Å². The predicted molar refractivity (Wildman–Crippen MR) is 76.7 cm³/mol. The van der Waals surface area contributed by atoms with Crippen LogP contribution in [0.3, 0.4) is 0 Å². The third-order valence-electron chi connectivity index (χ3n) is 4.74. The van der Waals surface area contributed by atoms with Gasteiger partial charge in [-0.05, 0) is 69.5 Å². The summed E-state index contributed by atoms with van der Waals surface area (Å²) in [5.74, 6) is 3.24. The minimum absolute atomic E-state index is 1.02. The zero-order valence-corrected chi connectivity index (χ0v) is 13.0. The van der Waals surface area contributed by atoms with Crippen molar-refractivity contribution in [3.05, 3.63) is 0 Å². The van der Waals surface area contributed by atoms with Crippen molar-refractivity contribution in [3.63, 3.8) is 0 Å². The Morgan fingerprint density at radius 1 is 1.00 bits per heavy atom. The number of hydrogen-bond acceptors (Lipinski definition) is 1. The van der Waals surface area contributed by atoms with E-state index >= 15 is 0 Å². The van der Waals surface area contributed by atoms with Gasteiger partial charge in [-0.3, -0.25) is 0 Å². The van der Waals surface area contributed by atoms with Gasteiger partial charge in [-0.25, -0.2) is 0 Å². The van der Waals surface area contributed by atoms with Gasteiger partial charge in [0, 0.05) is 6.61 Å². The largest absolute Gasteiger partial charge is 0.418 e. The van der Waals surface area contributed by atoms with Crippen molar-refractivity contribution >= 4 is 8.32 Å². The summed E-state index contributed by atoms with van der Waals surface area (Å²) in [5.41, 5.74) is 0. The molecule has 2 rings (SSSR count). The second-order valence-corrected chi connectivity index (χ2v) is 11.7. The molecule has 0 amide bonds. The van der Waals surface area contributed by atoms with Crippen molar-refractivity contribution in [2.75, 3.05) is 6.61 Å². The molecule has 0 aliphatic heterocycles. The smallest absolute Gasteiger partial charge is 0.183 e. The van der Waals surface area contributed by atoms with E-state index in [2.05, 4.69) is 19.6 Å². The van der Waals surface area contributed by atoms with Gasteiger partial charge in [-0.1, -0.05) is 19.3 Å². The molecule has 0 spiro atoms. The fourth-order valence-corrected chi connectivity index (χ4v) is 4.70. The Morgan fingerprint density at radius 3 is 2.53 bits per heavy atom. The van der Waals surface area contributed by atoms with E-state index in [1.807, 2.05) is 0 Å². The second kappa shape index (κ2) is 5.88. The van der Waals surface area contributed by atoms with Gasteiger partial charge in [-0.15, -0.1) is 0 Å². The molecule has 0 saturated heterocycles. The van der Waals surface area contributed by atoms with Crippen molar-refractivity contribution < 1.29 is 4.43 Å². The Labute approximate surface area is 108 Å². The predicted octanol–water partition coefficient (Wildman–Crippen LogP) is 4.83. The summed E-state index contributed by atoms with van der Waals surface area (Å²) < 4.78 is 5.96. The van der Waals surface area contributed by atoms with Crippen LogP contribution in [0.15, 0.2) is 0 Å². The Balaban J connectivity index is 1.66. The third kappa shape index (κ3) is 4.10. The minimum Gasteiger partial charge on any atom is -0.418 e. The molecule has 0 aromatic carbocycles. The van der Waals surface area contributed by atoms with Gasteiger partial charge in [0.25, 0.3) is 0 Å². The molecule has 3 unspecified atom stereocenters. The molecule has 0 heterocycles. The van der Waals surface area contributed by atoms with Crippen molar-refractivity contribution in [2.24, 2.45) is 17.8 Å². The van der Waals surface area contributed by atoms with Crippen LogP contribution in [0.25, 0.3) is 0 Å². The molecule has 0 N–H and O–H groups in total. The third-order valence-corrected chi connectivity index (χ3v) is 5.81. The molecule has 2 saturated carbocycles. The zero-order chi connectivity index (χ0) is 12.3. The molecule has 2 aliphatic carbocycles. The van der Waals surface area contributed by atoms with Gasteiger partial charge in [-0.2, -0.15) is 0 Å². The lowest BCUT2D eigenvalue weighted by molar-refractivity contribution is 0.207. The Hall–Kier alpha value is 0.177. The molecule has 17 heavy (non-hydrogen) atoms. The van der Waals surface area contributed by atoms with Crippen molar-refractivity contribution in [3.8, 4) is 0 Å². The first-order chi connectivity index (χ1) is 8.06. The molecule has 0 aromatic heterocycles. The van der Waals surface area contributed by atoms with Crippen LogP contribution in [0, 0.1) is 17.8 Å². The highest BCUT2D eigenvalue weighted by Crippen LogP contribution is 2.47. The lowest BCUT2D eigenvalue weighted by Gasteiger charge is -2.29. The van der Waals surface area contributed by atoms with E-state index in [1.54, 1.807) is 0 Å². The Kier molecular flexibility index (Phi) is 4.70. The van der Waals surface area contributed by atoms with Crippen LogP contribution in [0.5, 0.6) is 0 Å². The summed E-state index contributed by atoms with van der Waals surface area (Å²) in [7, 11) is -1.27. The monoisotopic (exact) mass is 254 g/mol. The quantitative estimate of drug-likeness (QED) is 0.504. The highest BCUT2D eigenvalue weighted by Gasteiger charge is 2.36. The highest BCUT2D eigenvalue weighted by molar-refractivity contribution is 6.69. The molecular weight excluding hydrogens is 224 g/mol. The Morgan fingerprint density at radius 2 is 1.76 bits per heavy atom. The van der Waals surface area contributed by atoms with Gasteiger partial charge in [0.1, 0.15) is 0 Å². The maximum atomic E-state index is 5.96. The topological polar surface area (TPSA) is 9.23 Å². The van der Waals surface area contributed by atoms with E-state index in [0.29, 0.717) is 0 Å². The molecule has 1 nitrogen and oxygen atoms in total. The van der Waals surface area contributed by atoms with E-state index < -0.39 is 8.32 Å². The number of hydrogen-bond donors (Lipinski definition) is 0. The standard InChI is InChI=1S/C15H30OSi/c1-17(2,3)16-12-6-8-14-11-10-13-7-4-5-9-15(13)14/h13-15H,4-12H2,1-3H3. The molecular formula is C15H30OSi. The average Bonchev–Trinajstić information content (AvgIpc) is 2.67. The fourth-order valence-electron chi connectivity index (χ4n) is 3.94. The second-order valence-electron chi connectivity index (χ2n) is 7.15. The van der Waals surface area contributed by atoms with Crippen molar-refractivity contribution in [2.45, 2.75) is 71.0 Å². The average molecular weight is 254 g/mol. The highest BCUT2D eigenvalue weighted by atomic mass is 28.4. The van der Waals surface area contributed by atoms with Crippen LogP contribution in [-0.2, 0) is 4.43 Å². The molecule has 2 aliphatic rings. The molecule has 0 aromatic rings. The molecule has 2 fully saturated rings. The molecule has 2 heteroatoms. The van der Waals surface area contributed by atoms with E-state index in [0.717, 1.165) is 24.4 Å². The SMILES string of the molecule is C[Si](C)(C)OCCCC1CCC2CCCCC21. The van der Waals surface area contributed by atoms with Gasteiger partial charge in [0.2, 0.25) is 0 Å². The maximum absolute atomic E-state index is 5.96. The first kappa shape index (κ1) is 13.6. The molecule has 0 bridgehead atoms. The van der Waals surface area contributed by atoms with Crippen LogP contribution in [0.1, 0.15) is 51.4 Å². The molecule has 3 atom stereocenters. The van der Waals surface area contributed by atoms with Crippen LogP contribution >= 0.6 is 0 Å². The van der Waals surface area contributed by atoms with E-state index in [-0.39, 0.29) is 0 Å². The normalized spacial score (nSPS) is 33.7. The summed E-state index contributed by atoms with van der Waals surface area (Å²) in [5, 5.41) is 0. The maximum Gasteiger partial charge on any atom is 0.183 e. The van der Waals surface area contributed by atoms with Crippen LogP contribution in [-0.4, -0.2) is 14.9 Å². The first-order valence-electron chi connectivity index (χ1n) is 7.70. The van der Waals surface area contributed by atoms with Crippen LogP contribution in [0.4, 0.5) is 0 Å². The van der Waals surface area contributed by atoms with Crippen molar-refractivity contribution in [1.82, 2.24) is 0 Å².